The molecule has 2 amide bonds. The van der Waals surface area contributed by atoms with Crippen molar-refractivity contribution in [3.05, 3.63) is 130 Å². The number of benzene rings is 3. The number of pyridine rings is 1. The highest BCUT2D eigenvalue weighted by Crippen LogP contribution is 2.38. The molecule has 0 aliphatic rings. The van der Waals surface area contributed by atoms with E-state index in [9.17, 15) is 26.7 Å². The van der Waals surface area contributed by atoms with Gasteiger partial charge in [-0.05, 0) is 72.1 Å². The molecule has 0 aliphatic carbocycles. The van der Waals surface area contributed by atoms with E-state index in [0.717, 1.165) is 23.8 Å². The SMILES string of the molecule is Cc1ccccc1CC(NC(=O)Nc1cccc(F)c1)(c1cc(F)cc(C(F)(F)F)c1)c1ccc(Cl)cn1. The Morgan fingerprint density at radius 1 is 0.895 bits per heavy atom. The topological polar surface area (TPSA) is 54.0 Å². The van der Waals surface area contributed by atoms with Crippen LogP contribution in [0.3, 0.4) is 0 Å². The fraction of sp³-hybridized carbons (Fsp3) is 0.143. The predicted molar refractivity (Wildman–Crippen MR) is 135 cm³/mol. The van der Waals surface area contributed by atoms with Gasteiger partial charge in [-0.3, -0.25) is 4.98 Å². The number of carbonyl (C=O) groups is 1. The Hall–Kier alpha value is -3.98. The first-order chi connectivity index (χ1) is 18.0. The smallest absolute Gasteiger partial charge is 0.322 e. The highest BCUT2D eigenvalue weighted by atomic mass is 35.5. The number of urea groups is 1. The van der Waals surface area contributed by atoms with Crippen molar-refractivity contribution in [1.82, 2.24) is 10.3 Å². The van der Waals surface area contributed by atoms with E-state index in [1.54, 1.807) is 31.2 Å². The lowest BCUT2D eigenvalue weighted by Crippen LogP contribution is -2.51. The van der Waals surface area contributed by atoms with Gasteiger partial charge in [0, 0.05) is 18.3 Å². The molecular weight excluding hydrogens is 525 g/mol. The number of aryl methyl sites for hydroxylation is 1. The van der Waals surface area contributed by atoms with Crippen molar-refractivity contribution in [2.45, 2.75) is 25.1 Å². The molecule has 0 aliphatic heterocycles. The summed E-state index contributed by atoms with van der Waals surface area (Å²) in [7, 11) is 0. The van der Waals surface area contributed by atoms with Crippen LogP contribution in [0.5, 0.6) is 0 Å². The zero-order valence-corrected chi connectivity index (χ0v) is 20.7. The van der Waals surface area contributed by atoms with Crippen molar-refractivity contribution < 1.29 is 26.7 Å². The summed E-state index contributed by atoms with van der Waals surface area (Å²) in [5, 5.41) is 5.46. The fourth-order valence-electron chi connectivity index (χ4n) is 4.17. The van der Waals surface area contributed by atoms with E-state index in [2.05, 4.69) is 15.6 Å². The third-order valence-corrected chi connectivity index (χ3v) is 6.23. The summed E-state index contributed by atoms with van der Waals surface area (Å²) >= 11 is 6.02. The summed E-state index contributed by atoms with van der Waals surface area (Å²) < 4.78 is 69.6. The van der Waals surface area contributed by atoms with E-state index in [0.29, 0.717) is 11.6 Å². The lowest BCUT2D eigenvalue weighted by Gasteiger charge is -2.36. The molecule has 1 heterocycles. The number of amides is 2. The van der Waals surface area contributed by atoms with Crippen LogP contribution >= 0.6 is 11.6 Å². The minimum absolute atomic E-state index is 0.0916. The molecule has 0 saturated carbocycles. The van der Waals surface area contributed by atoms with Crippen LogP contribution in [0.4, 0.5) is 32.4 Å². The summed E-state index contributed by atoms with van der Waals surface area (Å²) in [5.41, 5.74) is -1.57. The first kappa shape index (κ1) is 27.1. The monoisotopic (exact) mass is 545 g/mol. The highest BCUT2D eigenvalue weighted by Gasteiger charge is 2.41. The maximum Gasteiger partial charge on any atom is 0.416 e. The van der Waals surface area contributed by atoms with E-state index >= 15 is 0 Å². The molecule has 4 nitrogen and oxygen atoms in total. The second-order valence-corrected chi connectivity index (χ2v) is 9.12. The van der Waals surface area contributed by atoms with Crippen molar-refractivity contribution >= 4 is 23.3 Å². The molecule has 4 rings (SSSR count). The molecule has 2 N–H and O–H groups in total. The normalized spacial score (nSPS) is 13.0. The van der Waals surface area contributed by atoms with Gasteiger partial charge in [-0.1, -0.05) is 41.9 Å². The summed E-state index contributed by atoms with van der Waals surface area (Å²) in [4.78, 5) is 17.6. The first-order valence-corrected chi connectivity index (χ1v) is 11.7. The second-order valence-electron chi connectivity index (χ2n) is 8.69. The molecule has 4 aromatic rings. The Kier molecular flexibility index (Phi) is 7.68. The van der Waals surface area contributed by atoms with Gasteiger partial charge in [0.1, 0.15) is 17.2 Å². The van der Waals surface area contributed by atoms with Crippen LogP contribution in [-0.2, 0) is 18.1 Å². The van der Waals surface area contributed by atoms with E-state index in [1.165, 1.54) is 36.5 Å². The van der Waals surface area contributed by atoms with Gasteiger partial charge in [0.25, 0.3) is 0 Å². The van der Waals surface area contributed by atoms with E-state index in [1.807, 2.05) is 0 Å². The van der Waals surface area contributed by atoms with Crippen molar-refractivity contribution in [1.29, 1.82) is 0 Å². The quantitative estimate of drug-likeness (QED) is 0.245. The Labute approximate surface area is 220 Å². The second kappa shape index (κ2) is 10.8. The summed E-state index contributed by atoms with van der Waals surface area (Å²) in [6, 6.07) is 16.3. The number of halogens is 6. The van der Waals surface area contributed by atoms with Gasteiger partial charge in [-0.15, -0.1) is 0 Å². The average molecular weight is 546 g/mol. The molecule has 38 heavy (non-hydrogen) atoms. The van der Waals surface area contributed by atoms with E-state index in [-0.39, 0.29) is 28.4 Å². The van der Waals surface area contributed by atoms with E-state index < -0.39 is 34.9 Å². The van der Waals surface area contributed by atoms with Gasteiger partial charge in [0.05, 0.1) is 16.3 Å². The summed E-state index contributed by atoms with van der Waals surface area (Å²) in [6.45, 7) is 1.80. The molecule has 3 aromatic carbocycles. The minimum Gasteiger partial charge on any atom is -0.322 e. The molecule has 0 spiro atoms. The third kappa shape index (κ3) is 6.11. The van der Waals surface area contributed by atoms with Crippen molar-refractivity contribution in [2.24, 2.45) is 0 Å². The van der Waals surface area contributed by atoms with Crippen LogP contribution < -0.4 is 10.6 Å². The predicted octanol–water partition coefficient (Wildman–Crippen LogP) is 7.65. The van der Waals surface area contributed by atoms with Gasteiger partial charge in [-0.25, -0.2) is 13.6 Å². The zero-order chi connectivity index (χ0) is 27.5. The lowest BCUT2D eigenvalue weighted by molar-refractivity contribution is -0.137. The third-order valence-electron chi connectivity index (χ3n) is 6.01. The maximum absolute atomic E-state index is 14.7. The number of aromatic nitrogens is 1. The Bertz CT molecular complexity index is 1460. The largest absolute Gasteiger partial charge is 0.416 e. The van der Waals surface area contributed by atoms with Crippen LogP contribution in [0.25, 0.3) is 0 Å². The fourth-order valence-corrected chi connectivity index (χ4v) is 4.28. The number of hydrogen-bond donors (Lipinski definition) is 2. The number of nitrogens with zero attached hydrogens (tertiary/aromatic N) is 1. The summed E-state index contributed by atoms with van der Waals surface area (Å²) in [5.74, 6) is -1.75. The van der Waals surface area contributed by atoms with Crippen molar-refractivity contribution in [2.75, 3.05) is 5.32 Å². The molecule has 10 heteroatoms. The zero-order valence-electron chi connectivity index (χ0n) is 19.9. The number of anilines is 1. The molecule has 196 valence electrons. The molecule has 0 fully saturated rings. The van der Waals surface area contributed by atoms with E-state index in [4.69, 9.17) is 11.6 Å². The van der Waals surface area contributed by atoms with Gasteiger partial charge < -0.3 is 10.6 Å². The molecule has 1 unspecified atom stereocenters. The number of rotatable bonds is 6. The van der Waals surface area contributed by atoms with Crippen LogP contribution in [-0.4, -0.2) is 11.0 Å². The number of hydrogen-bond acceptors (Lipinski definition) is 2. The van der Waals surface area contributed by atoms with Crippen LogP contribution in [0.15, 0.2) is 85.1 Å². The lowest BCUT2D eigenvalue weighted by atomic mass is 9.79. The Morgan fingerprint density at radius 2 is 1.63 bits per heavy atom. The Balaban J connectivity index is 1.93. The van der Waals surface area contributed by atoms with Crippen molar-refractivity contribution in [3.8, 4) is 0 Å². The molecule has 0 radical (unpaired) electrons. The van der Waals surface area contributed by atoms with Gasteiger partial charge in [-0.2, -0.15) is 13.2 Å². The summed E-state index contributed by atoms with van der Waals surface area (Å²) in [6.07, 6.45) is -3.67. The molecular formula is C28H21ClF5N3O. The number of nitrogens with one attached hydrogen (secondary N) is 2. The molecule has 1 aromatic heterocycles. The molecule has 0 saturated heterocycles. The standard InChI is InChI=1S/C28H21ClF5N3O/c1-17-5-2-3-6-18(17)15-27(25-10-9-21(29)16-35-25,19-11-20(28(32,33)34)13-23(31)12-19)37-26(38)36-24-8-4-7-22(30)14-24/h2-14,16H,15H2,1H3,(H2,36,37,38). The van der Waals surface area contributed by atoms with Crippen LogP contribution in [0, 0.1) is 18.6 Å². The highest BCUT2D eigenvalue weighted by molar-refractivity contribution is 6.30. The van der Waals surface area contributed by atoms with Gasteiger partial charge in [0.2, 0.25) is 0 Å². The molecule has 0 bridgehead atoms. The number of alkyl halides is 3. The van der Waals surface area contributed by atoms with Gasteiger partial charge >= 0.3 is 12.2 Å². The van der Waals surface area contributed by atoms with Gasteiger partial charge in [0.15, 0.2) is 0 Å². The minimum atomic E-state index is -4.86. The number of carbonyl (C=O) groups excluding carboxylic acids is 1. The van der Waals surface area contributed by atoms with Crippen LogP contribution in [0.1, 0.15) is 27.9 Å². The van der Waals surface area contributed by atoms with Crippen LogP contribution in [0.2, 0.25) is 5.02 Å². The average Bonchev–Trinajstić information content (AvgIpc) is 2.84. The van der Waals surface area contributed by atoms with Crippen molar-refractivity contribution in [3.63, 3.8) is 0 Å². The molecule has 1 atom stereocenters. The maximum atomic E-state index is 14.7. The first-order valence-electron chi connectivity index (χ1n) is 11.4. The Morgan fingerprint density at radius 3 is 2.29 bits per heavy atom.